The van der Waals surface area contributed by atoms with Crippen LogP contribution < -0.4 is 21.1 Å². The molecule has 1 aromatic heterocycles. The molecule has 1 aliphatic heterocycles. The fourth-order valence-electron chi connectivity index (χ4n) is 11.7. The van der Waals surface area contributed by atoms with Gasteiger partial charge in [0.2, 0.25) is 0 Å². The molecule has 0 unspecified atom stereocenters. The second-order valence-electron chi connectivity index (χ2n) is 20.9. The SMILES string of the molecule is Cc1cc(-c2ccccc2)ccc1N1c2cc3oc4cc5c(cc4c3cc2Bc2c(-c3cc4ccccc4cc3Nc3ccc(-c4ccccc4)cc3)cc3ccccc3c21)C(C)(C)CCC5(C)C. The molecule has 2 aliphatic rings. The van der Waals surface area contributed by atoms with E-state index in [1.807, 2.05) is 0 Å². The summed E-state index contributed by atoms with van der Waals surface area (Å²) in [4.78, 5) is 2.56. The zero-order valence-electron chi connectivity index (χ0n) is 40.0. The molecule has 0 atom stereocenters. The van der Waals surface area contributed by atoms with E-state index in [2.05, 4.69) is 239 Å². The Bertz CT molecular complexity index is 3850. The molecule has 332 valence electrons. The first kappa shape index (κ1) is 41.4. The fraction of sp³-hybridized carbons (Fsp3) is 0.138. The number of fused-ring (bicyclic) bond motifs is 9. The fourth-order valence-corrected chi connectivity index (χ4v) is 11.7. The number of furan rings is 1. The van der Waals surface area contributed by atoms with Crippen molar-refractivity contribution < 1.29 is 4.42 Å². The van der Waals surface area contributed by atoms with Crippen molar-refractivity contribution in [2.24, 2.45) is 0 Å². The first-order chi connectivity index (χ1) is 33.6. The molecular formula is C65H53BN2O. The van der Waals surface area contributed by atoms with E-state index in [-0.39, 0.29) is 10.8 Å². The van der Waals surface area contributed by atoms with Crippen LogP contribution in [-0.2, 0) is 10.8 Å². The minimum absolute atomic E-state index is 0.0820. The molecular weight excluding hydrogens is 836 g/mol. The molecule has 0 fully saturated rings. The molecule has 2 heterocycles. The summed E-state index contributed by atoms with van der Waals surface area (Å²) in [7, 11) is 0.757. The number of aryl methyl sites for hydroxylation is 1. The number of hydrogen-bond donors (Lipinski definition) is 1. The Morgan fingerprint density at radius 3 is 1.75 bits per heavy atom. The second-order valence-corrected chi connectivity index (χ2v) is 20.9. The Morgan fingerprint density at radius 2 is 1.04 bits per heavy atom. The van der Waals surface area contributed by atoms with Crippen LogP contribution in [0.25, 0.3) is 76.9 Å². The Kier molecular flexibility index (Phi) is 9.37. The van der Waals surface area contributed by atoms with Gasteiger partial charge in [-0.3, -0.25) is 0 Å². The first-order valence-corrected chi connectivity index (χ1v) is 24.6. The number of anilines is 5. The summed E-state index contributed by atoms with van der Waals surface area (Å²) in [6.45, 7) is 11.9. The Labute approximate surface area is 405 Å². The van der Waals surface area contributed by atoms with Gasteiger partial charge in [-0.15, -0.1) is 0 Å². The van der Waals surface area contributed by atoms with E-state index in [0.29, 0.717) is 0 Å². The van der Waals surface area contributed by atoms with E-state index in [0.717, 1.165) is 47.6 Å². The quantitative estimate of drug-likeness (QED) is 0.169. The Balaban J connectivity index is 1.06. The maximum absolute atomic E-state index is 7.02. The topological polar surface area (TPSA) is 28.4 Å². The predicted octanol–water partition coefficient (Wildman–Crippen LogP) is 16.5. The summed E-state index contributed by atoms with van der Waals surface area (Å²) in [6, 6.07) is 71.7. The summed E-state index contributed by atoms with van der Waals surface area (Å²) in [5, 5.41) is 11.2. The highest BCUT2D eigenvalue weighted by molar-refractivity contribution is 6.74. The predicted molar refractivity (Wildman–Crippen MR) is 296 cm³/mol. The van der Waals surface area contributed by atoms with E-state index in [1.54, 1.807) is 0 Å². The van der Waals surface area contributed by atoms with Crippen LogP contribution in [0.3, 0.4) is 0 Å². The molecule has 0 spiro atoms. The van der Waals surface area contributed by atoms with Crippen molar-refractivity contribution in [3.8, 4) is 33.4 Å². The highest BCUT2D eigenvalue weighted by Gasteiger charge is 2.38. The summed E-state index contributed by atoms with van der Waals surface area (Å²) in [6.07, 6.45) is 2.33. The lowest BCUT2D eigenvalue weighted by molar-refractivity contribution is 0.332. The third-order valence-corrected chi connectivity index (χ3v) is 15.6. The van der Waals surface area contributed by atoms with Crippen LogP contribution in [0.15, 0.2) is 199 Å². The summed E-state index contributed by atoms with van der Waals surface area (Å²) >= 11 is 0. The zero-order valence-corrected chi connectivity index (χ0v) is 40.0. The molecule has 0 amide bonds. The van der Waals surface area contributed by atoms with Crippen molar-refractivity contribution in [1.82, 2.24) is 0 Å². The highest BCUT2D eigenvalue weighted by Crippen LogP contribution is 2.50. The number of benzene rings is 10. The monoisotopic (exact) mass is 888 g/mol. The van der Waals surface area contributed by atoms with Gasteiger partial charge in [0.05, 0.1) is 0 Å². The first-order valence-electron chi connectivity index (χ1n) is 24.6. The van der Waals surface area contributed by atoms with Crippen LogP contribution >= 0.6 is 0 Å². The molecule has 69 heavy (non-hydrogen) atoms. The van der Waals surface area contributed by atoms with Gasteiger partial charge in [0.25, 0.3) is 0 Å². The van der Waals surface area contributed by atoms with Gasteiger partial charge in [0.15, 0.2) is 7.28 Å². The van der Waals surface area contributed by atoms with Gasteiger partial charge in [-0.25, -0.2) is 0 Å². The van der Waals surface area contributed by atoms with Crippen LogP contribution in [0.1, 0.15) is 57.2 Å². The maximum Gasteiger partial charge on any atom is 0.198 e. The zero-order chi connectivity index (χ0) is 46.6. The van der Waals surface area contributed by atoms with Crippen molar-refractivity contribution >= 4 is 90.1 Å². The normalized spacial score (nSPS) is 14.7. The summed E-state index contributed by atoms with van der Waals surface area (Å²) in [5.41, 5.74) is 21.6. The third kappa shape index (κ3) is 6.87. The van der Waals surface area contributed by atoms with Gasteiger partial charge < -0.3 is 14.6 Å². The number of hydrogen-bond acceptors (Lipinski definition) is 3. The molecule has 10 aromatic carbocycles. The van der Waals surface area contributed by atoms with E-state index in [9.17, 15) is 0 Å². The lowest BCUT2D eigenvalue weighted by Gasteiger charge is -2.41. The van der Waals surface area contributed by atoms with Gasteiger partial charge >= 0.3 is 0 Å². The van der Waals surface area contributed by atoms with Gasteiger partial charge in [0.1, 0.15) is 11.2 Å². The highest BCUT2D eigenvalue weighted by atomic mass is 16.3. The standard InChI is InChI=1S/C65H53BN2O/c1-40-32-46(42-18-10-7-11-19-42)26-29-58(40)68-59-39-61-52(51-36-54-55(38-60(51)69-61)65(4,5)31-30-64(54,2)3)37-56(59)66-62-53(34-47-22-14-15-23-49(47)63(62)68)50-33-44-20-12-13-21-45(44)35-57(50)67-48-27-24-43(25-28-48)41-16-8-6-9-17-41/h6-29,32-39,66-67H,30-31H2,1-5H3. The molecule has 11 aromatic rings. The van der Waals surface area contributed by atoms with Gasteiger partial charge in [-0.05, 0) is 151 Å². The van der Waals surface area contributed by atoms with Crippen LogP contribution in [0.5, 0.6) is 0 Å². The van der Waals surface area contributed by atoms with Gasteiger partial charge in [0, 0.05) is 56.2 Å². The van der Waals surface area contributed by atoms with Crippen LogP contribution in [0, 0.1) is 6.92 Å². The molecule has 4 heteroatoms. The van der Waals surface area contributed by atoms with Crippen molar-refractivity contribution in [3.05, 3.63) is 211 Å². The minimum Gasteiger partial charge on any atom is -0.456 e. The Hall–Kier alpha value is -7.82. The molecule has 0 radical (unpaired) electrons. The molecule has 3 nitrogen and oxygen atoms in total. The number of rotatable bonds is 6. The molecule has 13 rings (SSSR count). The number of nitrogens with zero attached hydrogens (tertiary/aromatic N) is 1. The summed E-state index contributed by atoms with van der Waals surface area (Å²) < 4.78 is 7.02. The number of nitrogens with one attached hydrogen (secondary N) is 1. The molecule has 0 bridgehead atoms. The van der Waals surface area contributed by atoms with Gasteiger partial charge in [-0.1, -0.05) is 167 Å². The minimum atomic E-state index is 0.0820. The van der Waals surface area contributed by atoms with Crippen molar-refractivity contribution in [2.45, 2.75) is 58.3 Å². The average molecular weight is 889 g/mol. The van der Waals surface area contributed by atoms with Crippen molar-refractivity contribution in [1.29, 1.82) is 0 Å². The lowest BCUT2D eigenvalue weighted by Crippen LogP contribution is -2.41. The summed E-state index contributed by atoms with van der Waals surface area (Å²) in [5.74, 6) is 0. The molecule has 1 N–H and O–H groups in total. The third-order valence-electron chi connectivity index (χ3n) is 15.6. The van der Waals surface area contributed by atoms with Crippen LogP contribution in [-0.4, -0.2) is 7.28 Å². The van der Waals surface area contributed by atoms with Crippen molar-refractivity contribution in [3.63, 3.8) is 0 Å². The van der Waals surface area contributed by atoms with E-state index < -0.39 is 0 Å². The van der Waals surface area contributed by atoms with Crippen molar-refractivity contribution in [2.75, 3.05) is 10.2 Å². The van der Waals surface area contributed by atoms with E-state index in [1.165, 1.54) is 105 Å². The van der Waals surface area contributed by atoms with E-state index in [4.69, 9.17) is 4.42 Å². The maximum atomic E-state index is 7.02. The van der Waals surface area contributed by atoms with Crippen LogP contribution in [0.4, 0.5) is 28.4 Å². The lowest BCUT2D eigenvalue weighted by atomic mass is 9.57. The average Bonchev–Trinajstić information content (AvgIpc) is 3.73. The molecule has 0 saturated heterocycles. The second kappa shape index (κ2) is 15.6. The van der Waals surface area contributed by atoms with Gasteiger partial charge in [-0.2, -0.15) is 0 Å². The molecule has 1 aliphatic carbocycles. The van der Waals surface area contributed by atoms with Crippen LogP contribution in [0.2, 0.25) is 0 Å². The smallest absolute Gasteiger partial charge is 0.198 e. The Morgan fingerprint density at radius 1 is 0.478 bits per heavy atom. The molecule has 0 saturated carbocycles. The largest absolute Gasteiger partial charge is 0.456 e. The van der Waals surface area contributed by atoms with E-state index >= 15 is 0 Å².